The predicted molar refractivity (Wildman–Crippen MR) is 107 cm³/mol. The Morgan fingerprint density at radius 2 is 1.90 bits per heavy atom. The molecule has 1 aromatic heterocycles. The molecule has 2 atom stereocenters. The van der Waals surface area contributed by atoms with E-state index in [1.165, 1.54) is 0 Å². The van der Waals surface area contributed by atoms with Crippen LogP contribution in [0.1, 0.15) is 48.1 Å². The van der Waals surface area contributed by atoms with Crippen LogP contribution in [-0.2, 0) is 6.18 Å². The Balaban J connectivity index is 1.82. The van der Waals surface area contributed by atoms with Crippen molar-refractivity contribution in [1.82, 2.24) is 15.5 Å². The second-order valence-corrected chi connectivity index (χ2v) is 7.10. The Bertz CT molecular complexity index is 1030. The third kappa shape index (κ3) is 5.22. The summed E-state index contributed by atoms with van der Waals surface area (Å²) in [5.74, 6) is 0.605. The number of alkyl halides is 3. The van der Waals surface area contributed by atoms with Gasteiger partial charge in [0.25, 0.3) is 5.91 Å². The van der Waals surface area contributed by atoms with Crippen molar-refractivity contribution in [3.8, 4) is 17.1 Å². The summed E-state index contributed by atoms with van der Waals surface area (Å²) < 4.78 is 48.9. The van der Waals surface area contributed by atoms with Gasteiger partial charge in [-0.05, 0) is 42.3 Å². The number of hydrogen-bond donors (Lipinski definition) is 1. The topological polar surface area (TPSA) is 77.2 Å². The van der Waals surface area contributed by atoms with Crippen LogP contribution < -0.4 is 10.1 Å². The Hall–Kier alpha value is -3.36. The van der Waals surface area contributed by atoms with Crippen LogP contribution in [0.2, 0.25) is 0 Å². The van der Waals surface area contributed by atoms with E-state index in [0.29, 0.717) is 23.6 Å². The molecule has 3 aromatic rings. The first-order chi connectivity index (χ1) is 14.7. The second kappa shape index (κ2) is 9.20. The van der Waals surface area contributed by atoms with E-state index in [1.54, 1.807) is 31.4 Å². The third-order valence-corrected chi connectivity index (χ3v) is 5.01. The zero-order valence-corrected chi connectivity index (χ0v) is 17.2. The normalized spacial score (nSPS) is 13.5. The maximum atomic E-state index is 12.8. The first-order valence-corrected chi connectivity index (χ1v) is 9.69. The van der Waals surface area contributed by atoms with E-state index < -0.39 is 23.7 Å². The number of carbonyl (C=O) groups is 1. The number of rotatable bonds is 7. The smallest absolute Gasteiger partial charge is 0.416 e. The maximum absolute atomic E-state index is 12.8. The number of hydrogen-bond acceptors (Lipinski definition) is 5. The van der Waals surface area contributed by atoms with Crippen LogP contribution in [0.25, 0.3) is 11.4 Å². The highest BCUT2D eigenvalue weighted by Crippen LogP contribution is 2.30. The summed E-state index contributed by atoms with van der Waals surface area (Å²) in [6, 6.07) is 10.6. The number of methoxy groups -OCH3 is 1. The highest BCUT2D eigenvalue weighted by Gasteiger charge is 2.31. The molecule has 9 heteroatoms. The lowest BCUT2D eigenvalue weighted by Crippen LogP contribution is -2.32. The zero-order chi connectivity index (χ0) is 22.6. The number of nitrogens with one attached hydrogen (secondary N) is 1. The van der Waals surface area contributed by atoms with Crippen molar-refractivity contribution in [2.75, 3.05) is 7.11 Å². The molecule has 1 N–H and O–H groups in total. The summed E-state index contributed by atoms with van der Waals surface area (Å²) in [4.78, 5) is 17.1. The summed E-state index contributed by atoms with van der Waals surface area (Å²) >= 11 is 0. The number of amides is 1. The van der Waals surface area contributed by atoms with Gasteiger partial charge < -0.3 is 14.6 Å². The van der Waals surface area contributed by atoms with Gasteiger partial charge in [0, 0.05) is 11.1 Å². The van der Waals surface area contributed by atoms with Crippen molar-refractivity contribution >= 4 is 5.91 Å². The summed E-state index contributed by atoms with van der Waals surface area (Å²) in [5, 5.41) is 6.80. The lowest BCUT2D eigenvalue weighted by atomic mass is 9.98. The molecule has 3 rings (SSSR count). The van der Waals surface area contributed by atoms with Crippen molar-refractivity contribution in [3.63, 3.8) is 0 Å². The quantitative estimate of drug-likeness (QED) is 0.549. The van der Waals surface area contributed by atoms with Gasteiger partial charge in [0.15, 0.2) is 0 Å². The number of ether oxygens (including phenoxy) is 1. The average Bonchev–Trinajstić information content (AvgIpc) is 3.26. The van der Waals surface area contributed by atoms with Gasteiger partial charge in [0.05, 0.1) is 12.7 Å². The molecule has 6 nitrogen and oxygen atoms in total. The van der Waals surface area contributed by atoms with Gasteiger partial charge in [-0.2, -0.15) is 18.2 Å². The van der Waals surface area contributed by atoms with E-state index in [9.17, 15) is 18.0 Å². The SMILES string of the molecule is CC[C@@H](C)[C@@H](NC(=O)c1ccc(C(F)(F)F)cc1)c1nc(-c2cccc(OC)c2)no1. The molecule has 0 radical (unpaired) electrons. The second-order valence-electron chi connectivity index (χ2n) is 7.10. The van der Waals surface area contributed by atoms with Crippen LogP contribution in [0.15, 0.2) is 53.1 Å². The molecule has 0 aliphatic rings. The van der Waals surface area contributed by atoms with E-state index >= 15 is 0 Å². The molecule has 164 valence electrons. The minimum Gasteiger partial charge on any atom is -0.497 e. The number of nitrogens with zero attached hydrogens (tertiary/aromatic N) is 2. The highest BCUT2D eigenvalue weighted by molar-refractivity contribution is 5.94. The zero-order valence-electron chi connectivity index (χ0n) is 17.2. The van der Waals surface area contributed by atoms with Crippen molar-refractivity contribution < 1.29 is 27.2 Å². The Labute approximate surface area is 177 Å². The molecule has 0 saturated heterocycles. The molecule has 2 aromatic carbocycles. The van der Waals surface area contributed by atoms with Gasteiger partial charge in [-0.3, -0.25) is 4.79 Å². The fourth-order valence-corrected chi connectivity index (χ4v) is 2.96. The number of halogens is 3. The predicted octanol–water partition coefficient (Wildman–Crippen LogP) is 5.28. The van der Waals surface area contributed by atoms with Crippen molar-refractivity contribution in [2.45, 2.75) is 32.5 Å². The van der Waals surface area contributed by atoms with Crippen molar-refractivity contribution in [2.24, 2.45) is 5.92 Å². The molecule has 0 unspecified atom stereocenters. The molecule has 1 amide bonds. The van der Waals surface area contributed by atoms with Crippen LogP contribution >= 0.6 is 0 Å². The summed E-state index contributed by atoms with van der Waals surface area (Å²) in [6.07, 6.45) is -3.76. The van der Waals surface area contributed by atoms with E-state index in [0.717, 1.165) is 24.3 Å². The molecule has 0 aliphatic heterocycles. The van der Waals surface area contributed by atoms with Gasteiger partial charge >= 0.3 is 6.18 Å². The van der Waals surface area contributed by atoms with Gasteiger partial charge in [-0.15, -0.1) is 0 Å². The van der Waals surface area contributed by atoms with Gasteiger partial charge in [-0.25, -0.2) is 0 Å². The van der Waals surface area contributed by atoms with E-state index in [4.69, 9.17) is 9.26 Å². The van der Waals surface area contributed by atoms with Crippen LogP contribution in [0.3, 0.4) is 0 Å². The molecule has 0 bridgehead atoms. The fourth-order valence-electron chi connectivity index (χ4n) is 2.96. The first-order valence-electron chi connectivity index (χ1n) is 9.69. The van der Waals surface area contributed by atoms with Crippen LogP contribution in [0.4, 0.5) is 13.2 Å². The lowest BCUT2D eigenvalue weighted by molar-refractivity contribution is -0.137. The Morgan fingerprint density at radius 3 is 2.52 bits per heavy atom. The minimum atomic E-state index is -4.46. The first kappa shape index (κ1) is 22.3. The highest BCUT2D eigenvalue weighted by atomic mass is 19.4. The lowest BCUT2D eigenvalue weighted by Gasteiger charge is -2.21. The van der Waals surface area contributed by atoms with Gasteiger partial charge in [-0.1, -0.05) is 37.6 Å². The van der Waals surface area contributed by atoms with Crippen LogP contribution in [-0.4, -0.2) is 23.2 Å². The Morgan fingerprint density at radius 1 is 1.19 bits per heavy atom. The van der Waals surface area contributed by atoms with E-state index in [2.05, 4.69) is 15.5 Å². The van der Waals surface area contributed by atoms with E-state index in [1.807, 2.05) is 13.8 Å². The Kier molecular flexibility index (Phi) is 6.62. The number of benzene rings is 2. The van der Waals surface area contributed by atoms with Gasteiger partial charge in [0.1, 0.15) is 11.8 Å². The molecule has 1 heterocycles. The minimum absolute atomic E-state index is 0.0583. The van der Waals surface area contributed by atoms with Gasteiger partial charge in [0.2, 0.25) is 11.7 Å². The van der Waals surface area contributed by atoms with Crippen LogP contribution in [0, 0.1) is 5.92 Å². The molecule has 0 fully saturated rings. The summed E-state index contributed by atoms with van der Waals surface area (Å²) in [6.45, 7) is 3.86. The summed E-state index contributed by atoms with van der Waals surface area (Å²) in [5.41, 5.74) is -0.0255. The summed E-state index contributed by atoms with van der Waals surface area (Å²) in [7, 11) is 1.55. The number of carbonyl (C=O) groups excluding carboxylic acids is 1. The largest absolute Gasteiger partial charge is 0.497 e. The average molecular weight is 433 g/mol. The molecular weight excluding hydrogens is 411 g/mol. The molecule has 0 spiro atoms. The molecule has 0 saturated carbocycles. The van der Waals surface area contributed by atoms with E-state index in [-0.39, 0.29) is 17.4 Å². The third-order valence-electron chi connectivity index (χ3n) is 5.01. The van der Waals surface area contributed by atoms with Crippen LogP contribution in [0.5, 0.6) is 5.75 Å². The fraction of sp³-hybridized carbons (Fsp3) is 0.318. The van der Waals surface area contributed by atoms with Crippen molar-refractivity contribution in [1.29, 1.82) is 0 Å². The maximum Gasteiger partial charge on any atom is 0.416 e. The number of aromatic nitrogens is 2. The molecule has 0 aliphatic carbocycles. The molecular formula is C22H22F3N3O3. The monoisotopic (exact) mass is 433 g/mol. The molecule has 31 heavy (non-hydrogen) atoms. The standard InChI is InChI=1S/C22H22F3N3O3/c1-4-13(2)18(26-20(29)14-8-10-16(11-9-14)22(23,24)25)21-27-19(28-31-21)15-6-5-7-17(12-15)30-3/h5-13,18H,4H2,1-3H3,(H,26,29)/t13-,18-/m1/s1. The van der Waals surface area contributed by atoms with Crippen molar-refractivity contribution in [3.05, 3.63) is 65.5 Å².